The minimum absolute atomic E-state index is 0.0945. The minimum atomic E-state index is -3.54. The van der Waals surface area contributed by atoms with Crippen LogP contribution in [0.3, 0.4) is 0 Å². The van der Waals surface area contributed by atoms with Crippen molar-refractivity contribution < 1.29 is 13.2 Å². The Morgan fingerprint density at radius 2 is 1.54 bits per heavy atom. The maximum absolute atomic E-state index is 12.4. The first kappa shape index (κ1) is 20.6. The Hall–Kier alpha value is -1.40. The Morgan fingerprint density at radius 1 is 1.04 bits per heavy atom. The van der Waals surface area contributed by atoms with Gasteiger partial charge in [0.05, 0.1) is 4.90 Å². The first-order valence-corrected chi connectivity index (χ1v) is 9.65. The van der Waals surface area contributed by atoms with Crippen LogP contribution in [0.15, 0.2) is 29.2 Å². The van der Waals surface area contributed by atoms with E-state index in [-0.39, 0.29) is 27.8 Å². The highest BCUT2D eigenvalue weighted by Gasteiger charge is 2.27. The van der Waals surface area contributed by atoms with Crippen LogP contribution in [0.4, 0.5) is 0 Å². The number of hydrogen-bond donors (Lipinski definition) is 2. The molecule has 0 saturated heterocycles. The van der Waals surface area contributed by atoms with Crippen LogP contribution in [-0.2, 0) is 10.0 Å². The normalized spacial score (nSPS) is 13.2. The monoisotopic (exact) mass is 354 g/mol. The molecule has 0 saturated carbocycles. The lowest BCUT2D eigenvalue weighted by molar-refractivity contribution is 0.0891. The van der Waals surface area contributed by atoms with Gasteiger partial charge in [0.1, 0.15) is 0 Å². The number of amides is 1. The molecule has 0 fully saturated rings. The van der Waals surface area contributed by atoms with E-state index in [0.717, 1.165) is 6.42 Å². The van der Waals surface area contributed by atoms with Gasteiger partial charge in [-0.2, -0.15) is 0 Å². The summed E-state index contributed by atoms with van der Waals surface area (Å²) in [6.07, 6.45) is 0.830. The zero-order valence-electron chi connectivity index (χ0n) is 15.7. The van der Waals surface area contributed by atoms with Crippen molar-refractivity contribution in [3.05, 3.63) is 29.8 Å². The summed E-state index contributed by atoms with van der Waals surface area (Å²) in [5, 5.41) is 3.02. The molecule has 0 aliphatic carbocycles. The zero-order chi connectivity index (χ0) is 18.8. The van der Waals surface area contributed by atoms with Gasteiger partial charge in [0.15, 0.2) is 0 Å². The maximum atomic E-state index is 12.4. The van der Waals surface area contributed by atoms with Gasteiger partial charge in [-0.05, 0) is 63.8 Å². The molecule has 1 rings (SSSR count). The van der Waals surface area contributed by atoms with E-state index in [0.29, 0.717) is 5.56 Å². The van der Waals surface area contributed by atoms with Crippen LogP contribution in [0.2, 0.25) is 0 Å². The largest absolute Gasteiger partial charge is 0.347 e. The topological polar surface area (TPSA) is 75.3 Å². The molecule has 1 amide bonds. The predicted molar refractivity (Wildman–Crippen MR) is 97.5 cm³/mol. The Morgan fingerprint density at radius 3 is 1.96 bits per heavy atom. The molecule has 0 aliphatic heterocycles. The lowest BCUT2D eigenvalue weighted by atomic mass is 9.81. The quantitative estimate of drug-likeness (QED) is 0.823. The number of sulfonamides is 1. The summed E-state index contributed by atoms with van der Waals surface area (Å²) in [6, 6.07) is 5.80. The van der Waals surface area contributed by atoms with Crippen molar-refractivity contribution in [2.45, 2.75) is 71.4 Å². The van der Waals surface area contributed by atoms with Crippen LogP contribution in [0.1, 0.15) is 65.2 Å². The average molecular weight is 355 g/mol. The summed E-state index contributed by atoms with van der Waals surface area (Å²) in [6.45, 7) is 13.9. The second kappa shape index (κ2) is 7.23. The first-order chi connectivity index (χ1) is 10.7. The number of nitrogens with one attached hydrogen (secondary N) is 2. The van der Waals surface area contributed by atoms with Crippen molar-refractivity contribution in [3.8, 4) is 0 Å². The van der Waals surface area contributed by atoms with Gasteiger partial charge in [-0.1, -0.05) is 20.8 Å². The Labute approximate surface area is 146 Å². The van der Waals surface area contributed by atoms with E-state index >= 15 is 0 Å². The fourth-order valence-electron chi connectivity index (χ4n) is 2.91. The molecule has 6 heteroatoms. The molecule has 0 radical (unpaired) electrons. The van der Waals surface area contributed by atoms with Gasteiger partial charge in [-0.25, -0.2) is 13.1 Å². The molecule has 0 heterocycles. The van der Waals surface area contributed by atoms with E-state index in [9.17, 15) is 13.2 Å². The molecule has 0 aliphatic rings. The highest BCUT2D eigenvalue weighted by Crippen LogP contribution is 2.27. The molecule has 0 atom stereocenters. The number of benzene rings is 1. The standard InChI is InChI=1S/C18H30N2O3S/c1-13(2)20-24(22,23)15-10-8-14(9-11-15)16(21)19-18(6,7)12-17(3,4)5/h8-11,13,20H,12H2,1-7H3,(H,19,21). The SMILES string of the molecule is CC(C)NS(=O)(=O)c1ccc(C(=O)NC(C)(C)CC(C)(C)C)cc1. The number of rotatable bonds is 6. The molecule has 1 aromatic rings. The van der Waals surface area contributed by atoms with E-state index in [1.54, 1.807) is 13.8 Å². The third-order valence-electron chi connectivity index (χ3n) is 3.24. The summed E-state index contributed by atoms with van der Waals surface area (Å²) >= 11 is 0. The van der Waals surface area contributed by atoms with Crippen LogP contribution in [0.5, 0.6) is 0 Å². The van der Waals surface area contributed by atoms with E-state index in [4.69, 9.17) is 0 Å². The van der Waals surface area contributed by atoms with Gasteiger partial charge in [-0.15, -0.1) is 0 Å². The van der Waals surface area contributed by atoms with Crippen LogP contribution in [-0.4, -0.2) is 25.9 Å². The Balaban J connectivity index is 2.88. The van der Waals surface area contributed by atoms with E-state index in [1.165, 1.54) is 24.3 Å². The summed E-state index contributed by atoms with van der Waals surface area (Å²) in [7, 11) is -3.54. The number of hydrogen-bond acceptors (Lipinski definition) is 3. The van der Waals surface area contributed by atoms with Crippen LogP contribution < -0.4 is 10.0 Å². The van der Waals surface area contributed by atoms with Crippen molar-refractivity contribution in [1.82, 2.24) is 10.0 Å². The molecule has 24 heavy (non-hydrogen) atoms. The second-order valence-electron chi connectivity index (χ2n) is 8.38. The molecule has 136 valence electrons. The van der Waals surface area contributed by atoms with Crippen molar-refractivity contribution in [1.29, 1.82) is 0 Å². The Kier molecular flexibility index (Phi) is 6.22. The summed E-state index contributed by atoms with van der Waals surface area (Å²) in [4.78, 5) is 12.6. The molecular weight excluding hydrogens is 324 g/mol. The first-order valence-electron chi connectivity index (χ1n) is 8.17. The van der Waals surface area contributed by atoms with Crippen molar-refractivity contribution in [3.63, 3.8) is 0 Å². The van der Waals surface area contributed by atoms with Crippen molar-refractivity contribution in [2.75, 3.05) is 0 Å². The molecule has 0 spiro atoms. The molecule has 2 N–H and O–H groups in total. The van der Waals surface area contributed by atoms with Gasteiger partial charge in [0, 0.05) is 17.1 Å². The lowest BCUT2D eigenvalue weighted by Crippen LogP contribution is -2.45. The molecule has 0 bridgehead atoms. The lowest BCUT2D eigenvalue weighted by Gasteiger charge is -2.33. The number of carbonyl (C=O) groups excluding carboxylic acids is 1. The minimum Gasteiger partial charge on any atom is -0.347 e. The van der Waals surface area contributed by atoms with Crippen LogP contribution >= 0.6 is 0 Å². The predicted octanol–water partition coefficient (Wildman–Crippen LogP) is 3.32. The van der Waals surface area contributed by atoms with E-state index in [2.05, 4.69) is 30.8 Å². The molecule has 0 unspecified atom stereocenters. The zero-order valence-corrected chi connectivity index (χ0v) is 16.5. The Bertz CT molecular complexity index is 669. The smallest absolute Gasteiger partial charge is 0.251 e. The van der Waals surface area contributed by atoms with Crippen LogP contribution in [0.25, 0.3) is 0 Å². The highest BCUT2D eigenvalue weighted by atomic mass is 32.2. The average Bonchev–Trinajstić information content (AvgIpc) is 2.33. The van der Waals surface area contributed by atoms with Crippen molar-refractivity contribution in [2.24, 2.45) is 5.41 Å². The third kappa shape index (κ3) is 6.61. The summed E-state index contributed by atoms with van der Waals surface area (Å²) < 4.78 is 26.7. The second-order valence-corrected chi connectivity index (χ2v) is 10.1. The van der Waals surface area contributed by atoms with Gasteiger partial charge < -0.3 is 5.32 Å². The third-order valence-corrected chi connectivity index (χ3v) is 4.92. The molecule has 5 nitrogen and oxygen atoms in total. The van der Waals surface area contributed by atoms with E-state index < -0.39 is 10.0 Å². The molecule has 1 aromatic carbocycles. The van der Waals surface area contributed by atoms with Gasteiger partial charge >= 0.3 is 0 Å². The van der Waals surface area contributed by atoms with Gasteiger partial charge in [0.25, 0.3) is 5.91 Å². The van der Waals surface area contributed by atoms with E-state index in [1.807, 2.05) is 13.8 Å². The van der Waals surface area contributed by atoms with Crippen molar-refractivity contribution >= 4 is 15.9 Å². The fourth-order valence-corrected chi connectivity index (χ4v) is 4.16. The molecule has 0 aromatic heterocycles. The summed E-state index contributed by atoms with van der Waals surface area (Å²) in [5.74, 6) is -0.204. The van der Waals surface area contributed by atoms with Gasteiger partial charge in [0.2, 0.25) is 10.0 Å². The molecular formula is C18H30N2O3S. The summed E-state index contributed by atoms with van der Waals surface area (Å²) in [5.41, 5.74) is 0.191. The fraction of sp³-hybridized carbons (Fsp3) is 0.611. The maximum Gasteiger partial charge on any atom is 0.251 e. The van der Waals surface area contributed by atoms with Gasteiger partial charge in [-0.3, -0.25) is 4.79 Å². The highest BCUT2D eigenvalue weighted by molar-refractivity contribution is 7.89. The number of carbonyl (C=O) groups is 1. The van der Waals surface area contributed by atoms with Crippen LogP contribution in [0, 0.1) is 5.41 Å².